The first-order valence-electron chi connectivity index (χ1n) is 6.22. The number of nitrogens with zero attached hydrogens (tertiary/aromatic N) is 1. The third-order valence-corrected chi connectivity index (χ3v) is 3.03. The van der Waals surface area contributed by atoms with E-state index in [0.717, 1.165) is 32.7 Å². The molecule has 0 radical (unpaired) electrons. The van der Waals surface area contributed by atoms with Crippen molar-refractivity contribution in [3.05, 3.63) is 35.6 Å². The maximum absolute atomic E-state index is 12.7. The van der Waals surface area contributed by atoms with Crippen LogP contribution in [-0.4, -0.2) is 50.1 Å². The number of carbonyl (C=O) groups excluding carboxylic acids is 1. The minimum Gasteiger partial charge on any atom is -0.351 e. The van der Waals surface area contributed by atoms with Gasteiger partial charge < -0.3 is 10.6 Å². The Bertz CT molecular complexity index is 393. The molecule has 1 aliphatic heterocycles. The van der Waals surface area contributed by atoms with Crippen LogP contribution in [0.5, 0.6) is 0 Å². The lowest BCUT2D eigenvalue weighted by Crippen LogP contribution is -2.46. The highest BCUT2D eigenvalue weighted by molar-refractivity contribution is 5.94. The van der Waals surface area contributed by atoms with Crippen LogP contribution in [0.2, 0.25) is 0 Å². The number of rotatable bonds is 4. The molecule has 2 rings (SSSR count). The highest BCUT2D eigenvalue weighted by atomic mass is 35.5. The lowest BCUT2D eigenvalue weighted by Gasteiger charge is -2.27. The zero-order valence-electron chi connectivity index (χ0n) is 10.7. The van der Waals surface area contributed by atoms with E-state index >= 15 is 0 Å². The van der Waals surface area contributed by atoms with E-state index in [9.17, 15) is 9.18 Å². The topological polar surface area (TPSA) is 44.4 Å². The van der Waals surface area contributed by atoms with Crippen molar-refractivity contribution in [1.82, 2.24) is 15.5 Å². The number of benzene rings is 1. The molecular formula is C13H19ClFN3O. The fraction of sp³-hybridized carbons (Fsp3) is 0.462. The van der Waals surface area contributed by atoms with Crippen molar-refractivity contribution < 1.29 is 9.18 Å². The molecule has 0 saturated carbocycles. The first kappa shape index (κ1) is 15.9. The number of piperazine rings is 1. The molecule has 1 fully saturated rings. The Hall–Kier alpha value is -1.17. The molecule has 0 bridgehead atoms. The van der Waals surface area contributed by atoms with Gasteiger partial charge in [0.25, 0.3) is 5.91 Å². The van der Waals surface area contributed by atoms with Crippen LogP contribution >= 0.6 is 12.4 Å². The van der Waals surface area contributed by atoms with E-state index in [2.05, 4.69) is 15.5 Å². The molecule has 1 amide bonds. The Morgan fingerprint density at radius 2 is 1.89 bits per heavy atom. The highest BCUT2D eigenvalue weighted by Gasteiger charge is 2.10. The molecule has 6 heteroatoms. The maximum Gasteiger partial charge on any atom is 0.251 e. The smallest absolute Gasteiger partial charge is 0.251 e. The molecular weight excluding hydrogens is 269 g/mol. The summed E-state index contributed by atoms with van der Waals surface area (Å²) in [7, 11) is 0. The summed E-state index contributed by atoms with van der Waals surface area (Å²) in [6.07, 6.45) is 0. The summed E-state index contributed by atoms with van der Waals surface area (Å²) in [5, 5.41) is 6.12. The van der Waals surface area contributed by atoms with Gasteiger partial charge in [0.05, 0.1) is 0 Å². The van der Waals surface area contributed by atoms with Gasteiger partial charge in [-0.1, -0.05) is 0 Å². The van der Waals surface area contributed by atoms with Crippen LogP contribution < -0.4 is 10.6 Å². The molecule has 4 nitrogen and oxygen atoms in total. The van der Waals surface area contributed by atoms with Crippen LogP contribution in [0.3, 0.4) is 0 Å². The Morgan fingerprint density at radius 1 is 1.26 bits per heavy atom. The number of amides is 1. The second-order valence-corrected chi connectivity index (χ2v) is 4.35. The quantitative estimate of drug-likeness (QED) is 0.864. The van der Waals surface area contributed by atoms with Gasteiger partial charge in [-0.15, -0.1) is 12.4 Å². The van der Waals surface area contributed by atoms with E-state index in [1.165, 1.54) is 24.3 Å². The summed E-state index contributed by atoms with van der Waals surface area (Å²) in [5.41, 5.74) is 0.497. The van der Waals surface area contributed by atoms with Gasteiger partial charge in [0.2, 0.25) is 0 Å². The van der Waals surface area contributed by atoms with Crippen LogP contribution in [0.1, 0.15) is 10.4 Å². The van der Waals surface area contributed by atoms with Gasteiger partial charge in [0.1, 0.15) is 5.82 Å². The molecule has 1 aromatic carbocycles. The van der Waals surface area contributed by atoms with Crippen LogP contribution in [0.25, 0.3) is 0 Å². The average molecular weight is 288 g/mol. The van der Waals surface area contributed by atoms with Crippen molar-refractivity contribution in [3.63, 3.8) is 0 Å². The van der Waals surface area contributed by atoms with Crippen molar-refractivity contribution in [2.75, 3.05) is 39.3 Å². The number of halogens is 2. The minimum absolute atomic E-state index is 0. The third-order valence-electron chi connectivity index (χ3n) is 3.03. The molecule has 0 aliphatic carbocycles. The molecule has 19 heavy (non-hydrogen) atoms. The van der Waals surface area contributed by atoms with Gasteiger partial charge in [-0.05, 0) is 24.3 Å². The van der Waals surface area contributed by atoms with Gasteiger partial charge in [0, 0.05) is 44.8 Å². The Kier molecular flexibility index (Phi) is 6.77. The predicted octanol–water partition coefficient (Wildman–Crippen LogP) is 0.882. The molecule has 1 heterocycles. The van der Waals surface area contributed by atoms with Crippen molar-refractivity contribution in [2.24, 2.45) is 0 Å². The molecule has 1 saturated heterocycles. The van der Waals surface area contributed by atoms with E-state index < -0.39 is 0 Å². The molecule has 0 unspecified atom stereocenters. The predicted molar refractivity (Wildman–Crippen MR) is 75.3 cm³/mol. The zero-order chi connectivity index (χ0) is 12.8. The van der Waals surface area contributed by atoms with Crippen molar-refractivity contribution in [2.45, 2.75) is 0 Å². The lowest BCUT2D eigenvalue weighted by atomic mass is 10.2. The molecule has 1 aromatic rings. The molecule has 1 aliphatic rings. The molecule has 0 atom stereocenters. The summed E-state index contributed by atoms with van der Waals surface area (Å²) >= 11 is 0. The highest BCUT2D eigenvalue weighted by Crippen LogP contribution is 2.02. The summed E-state index contributed by atoms with van der Waals surface area (Å²) in [6, 6.07) is 5.58. The molecule has 106 valence electrons. The van der Waals surface area contributed by atoms with Crippen LogP contribution in [0, 0.1) is 5.82 Å². The van der Waals surface area contributed by atoms with Gasteiger partial charge in [-0.2, -0.15) is 0 Å². The average Bonchev–Trinajstić information content (AvgIpc) is 2.40. The Labute approximate surface area is 118 Å². The second kappa shape index (κ2) is 8.09. The second-order valence-electron chi connectivity index (χ2n) is 4.35. The fourth-order valence-electron chi connectivity index (χ4n) is 1.97. The van der Waals surface area contributed by atoms with Gasteiger partial charge in [-0.25, -0.2) is 4.39 Å². The Morgan fingerprint density at radius 3 is 2.53 bits per heavy atom. The monoisotopic (exact) mass is 287 g/mol. The van der Waals surface area contributed by atoms with Gasteiger partial charge >= 0.3 is 0 Å². The summed E-state index contributed by atoms with van der Waals surface area (Å²) in [4.78, 5) is 14.0. The standard InChI is InChI=1S/C13H18FN3O.ClH/c14-12-3-1-11(2-4-12)13(18)16-7-10-17-8-5-15-6-9-17;/h1-4,15H,5-10H2,(H,16,18);1H. The van der Waals surface area contributed by atoms with E-state index in [1.807, 2.05) is 0 Å². The lowest BCUT2D eigenvalue weighted by molar-refractivity contribution is 0.0947. The van der Waals surface area contributed by atoms with Crippen LogP contribution in [0.15, 0.2) is 24.3 Å². The fourth-order valence-corrected chi connectivity index (χ4v) is 1.97. The first-order chi connectivity index (χ1) is 8.75. The van der Waals surface area contributed by atoms with Crippen molar-refractivity contribution in [1.29, 1.82) is 0 Å². The number of hydrogen-bond donors (Lipinski definition) is 2. The summed E-state index contributed by atoms with van der Waals surface area (Å²) in [6.45, 7) is 5.53. The van der Waals surface area contributed by atoms with Crippen LogP contribution in [0.4, 0.5) is 4.39 Å². The van der Waals surface area contributed by atoms with E-state index in [4.69, 9.17) is 0 Å². The normalized spacial score (nSPS) is 15.6. The molecule has 0 spiro atoms. The Balaban J connectivity index is 0.00000180. The molecule has 0 aromatic heterocycles. The maximum atomic E-state index is 12.7. The summed E-state index contributed by atoms with van der Waals surface area (Å²) < 4.78 is 12.7. The SMILES string of the molecule is Cl.O=C(NCCN1CCNCC1)c1ccc(F)cc1. The number of carbonyl (C=O) groups is 1. The van der Waals surface area contributed by atoms with Crippen LogP contribution in [-0.2, 0) is 0 Å². The minimum atomic E-state index is -0.327. The third kappa shape index (κ3) is 5.14. The number of nitrogens with one attached hydrogen (secondary N) is 2. The summed E-state index contributed by atoms with van der Waals surface area (Å²) in [5.74, 6) is -0.475. The first-order valence-corrected chi connectivity index (χ1v) is 6.22. The van der Waals surface area contributed by atoms with E-state index in [-0.39, 0.29) is 24.1 Å². The zero-order valence-corrected chi connectivity index (χ0v) is 11.5. The number of hydrogen-bond acceptors (Lipinski definition) is 3. The van der Waals surface area contributed by atoms with Gasteiger partial charge in [-0.3, -0.25) is 9.69 Å². The largest absolute Gasteiger partial charge is 0.351 e. The van der Waals surface area contributed by atoms with Crippen molar-refractivity contribution in [3.8, 4) is 0 Å². The van der Waals surface area contributed by atoms with Crippen molar-refractivity contribution >= 4 is 18.3 Å². The van der Waals surface area contributed by atoms with Gasteiger partial charge in [0.15, 0.2) is 0 Å². The van der Waals surface area contributed by atoms with E-state index in [0.29, 0.717) is 12.1 Å². The van der Waals surface area contributed by atoms with E-state index in [1.54, 1.807) is 0 Å². The molecule has 2 N–H and O–H groups in total.